The summed E-state index contributed by atoms with van der Waals surface area (Å²) in [6.45, 7) is 0.801. The molecule has 0 aliphatic carbocycles. The lowest BCUT2D eigenvalue weighted by Gasteiger charge is -2.05. The first-order chi connectivity index (χ1) is 8.08. The minimum Gasteiger partial charge on any atom is -0.369 e. The molecule has 17 heavy (non-hydrogen) atoms. The van der Waals surface area contributed by atoms with Crippen molar-refractivity contribution in [2.24, 2.45) is 5.73 Å². The normalized spacial score (nSPS) is 10.6. The Morgan fingerprint density at radius 1 is 1.59 bits per heavy atom. The van der Waals surface area contributed by atoms with Gasteiger partial charge in [-0.05, 0) is 6.07 Å². The average molecular weight is 255 g/mol. The summed E-state index contributed by atoms with van der Waals surface area (Å²) >= 11 is 5.80. The van der Waals surface area contributed by atoms with E-state index in [4.69, 9.17) is 23.1 Å². The summed E-state index contributed by atoms with van der Waals surface area (Å²) in [5.41, 5.74) is 12.0. The molecule has 0 bridgehead atoms. The van der Waals surface area contributed by atoms with Crippen molar-refractivity contribution < 1.29 is 4.79 Å². The van der Waals surface area contributed by atoms with E-state index < -0.39 is 6.03 Å². The van der Waals surface area contributed by atoms with E-state index in [9.17, 15) is 4.79 Å². The van der Waals surface area contributed by atoms with Crippen LogP contribution in [0.4, 0.5) is 10.7 Å². The number of nitrogens with zero attached hydrogens (tertiary/aromatic N) is 3. The summed E-state index contributed by atoms with van der Waals surface area (Å²) in [5.74, 6) is 0.320. The van der Waals surface area contributed by atoms with Gasteiger partial charge in [-0.1, -0.05) is 11.6 Å². The average Bonchev–Trinajstić information content (AvgIpc) is 2.54. The van der Waals surface area contributed by atoms with Gasteiger partial charge < -0.3 is 16.8 Å². The number of halogens is 1. The molecule has 8 heteroatoms. The number of rotatable bonds is 3. The quantitative estimate of drug-likeness (QED) is 0.733. The number of carbonyl (C=O) groups is 1. The van der Waals surface area contributed by atoms with E-state index in [1.807, 2.05) is 0 Å². The van der Waals surface area contributed by atoms with Crippen LogP contribution in [0.5, 0.6) is 0 Å². The van der Waals surface area contributed by atoms with Gasteiger partial charge in [-0.3, -0.25) is 4.57 Å². The Hall–Kier alpha value is -2.02. The molecule has 0 fully saturated rings. The standard InChI is InChI=1S/C9H11ClN6O/c10-5-3-6-7(14-4-5)16(8(11)15-6)2-1-13-9(12)17/h3-4H,1-2H2,(H2,11,15)(H3,12,13,17). The van der Waals surface area contributed by atoms with Crippen molar-refractivity contribution in [2.75, 3.05) is 12.3 Å². The fourth-order valence-corrected chi connectivity index (χ4v) is 1.67. The number of urea groups is 1. The Labute approximate surface area is 102 Å². The molecule has 0 aliphatic rings. The summed E-state index contributed by atoms with van der Waals surface area (Å²) in [5, 5.41) is 2.97. The number of hydrogen-bond acceptors (Lipinski definition) is 4. The van der Waals surface area contributed by atoms with Crippen molar-refractivity contribution in [3.05, 3.63) is 17.3 Å². The lowest BCUT2D eigenvalue weighted by atomic mass is 10.4. The number of imidazole rings is 1. The van der Waals surface area contributed by atoms with Gasteiger partial charge >= 0.3 is 6.03 Å². The molecular weight excluding hydrogens is 244 g/mol. The minimum absolute atomic E-state index is 0.320. The van der Waals surface area contributed by atoms with Crippen molar-refractivity contribution in [2.45, 2.75) is 6.54 Å². The summed E-state index contributed by atoms with van der Waals surface area (Å²) in [6.07, 6.45) is 1.52. The first kappa shape index (κ1) is 11.5. The molecule has 0 aliphatic heterocycles. The molecule has 7 nitrogen and oxygen atoms in total. The fourth-order valence-electron chi connectivity index (χ4n) is 1.52. The number of hydrogen-bond donors (Lipinski definition) is 3. The zero-order valence-corrected chi connectivity index (χ0v) is 9.61. The van der Waals surface area contributed by atoms with E-state index in [2.05, 4.69) is 15.3 Å². The number of nitrogens with two attached hydrogens (primary N) is 2. The van der Waals surface area contributed by atoms with Gasteiger partial charge in [0.2, 0.25) is 5.95 Å². The Bertz CT molecular complexity index is 566. The van der Waals surface area contributed by atoms with Crippen molar-refractivity contribution in [3.63, 3.8) is 0 Å². The van der Waals surface area contributed by atoms with Gasteiger partial charge in [-0.25, -0.2) is 14.8 Å². The molecule has 0 atom stereocenters. The van der Waals surface area contributed by atoms with Crippen LogP contribution in [0.25, 0.3) is 11.2 Å². The third-order valence-electron chi connectivity index (χ3n) is 2.22. The molecule has 2 heterocycles. The van der Waals surface area contributed by atoms with Crippen LogP contribution in [0.3, 0.4) is 0 Å². The van der Waals surface area contributed by atoms with Gasteiger partial charge in [0.05, 0.1) is 5.02 Å². The monoisotopic (exact) mass is 254 g/mol. The fraction of sp³-hybridized carbons (Fsp3) is 0.222. The Morgan fingerprint density at radius 2 is 2.35 bits per heavy atom. The number of pyridine rings is 1. The summed E-state index contributed by atoms with van der Waals surface area (Å²) in [4.78, 5) is 18.8. The van der Waals surface area contributed by atoms with E-state index in [-0.39, 0.29) is 0 Å². The molecule has 0 spiro atoms. The lowest BCUT2D eigenvalue weighted by Crippen LogP contribution is -2.32. The molecule has 2 aromatic heterocycles. The minimum atomic E-state index is -0.580. The molecule has 5 N–H and O–H groups in total. The second kappa shape index (κ2) is 4.46. The van der Waals surface area contributed by atoms with E-state index in [1.165, 1.54) is 6.20 Å². The number of fused-ring (bicyclic) bond motifs is 1. The van der Waals surface area contributed by atoms with Crippen LogP contribution in [0.1, 0.15) is 0 Å². The number of anilines is 1. The van der Waals surface area contributed by atoms with Crippen molar-refractivity contribution >= 4 is 34.7 Å². The third-order valence-corrected chi connectivity index (χ3v) is 2.42. The molecule has 0 aromatic carbocycles. The first-order valence-electron chi connectivity index (χ1n) is 4.88. The Morgan fingerprint density at radius 3 is 3.06 bits per heavy atom. The number of carbonyl (C=O) groups excluding carboxylic acids is 1. The highest BCUT2D eigenvalue weighted by Gasteiger charge is 2.09. The van der Waals surface area contributed by atoms with Gasteiger partial charge in [0.1, 0.15) is 5.52 Å². The maximum Gasteiger partial charge on any atom is 0.312 e. The zero-order valence-electron chi connectivity index (χ0n) is 8.85. The number of nitrogens with one attached hydrogen (secondary N) is 1. The SMILES string of the molecule is NC(=O)NCCn1c(N)nc2cc(Cl)cnc21. The predicted molar refractivity (Wildman–Crippen MR) is 64.5 cm³/mol. The van der Waals surface area contributed by atoms with Crippen molar-refractivity contribution in [1.82, 2.24) is 19.9 Å². The second-order valence-corrected chi connectivity index (χ2v) is 3.85. The van der Waals surface area contributed by atoms with E-state index >= 15 is 0 Å². The molecule has 0 radical (unpaired) electrons. The van der Waals surface area contributed by atoms with Gasteiger partial charge in [0.25, 0.3) is 0 Å². The topological polar surface area (TPSA) is 112 Å². The van der Waals surface area contributed by atoms with Gasteiger partial charge in [-0.15, -0.1) is 0 Å². The van der Waals surface area contributed by atoms with Crippen molar-refractivity contribution in [3.8, 4) is 0 Å². The molecule has 2 rings (SSSR count). The molecule has 0 saturated heterocycles. The molecular formula is C9H11ClN6O. The maximum absolute atomic E-state index is 10.5. The van der Waals surface area contributed by atoms with Gasteiger partial charge in [-0.2, -0.15) is 0 Å². The Kier molecular flexibility index (Phi) is 3.01. The molecule has 2 aromatic rings. The number of amides is 2. The first-order valence-corrected chi connectivity index (χ1v) is 5.26. The van der Waals surface area contributed by atoms with E-state index in [1.54, 1.807) is 10.6 Å². The number of aromatic nitrogens is 3. The van der Waals surface area contributed by atoms with Crippen LogP contribution in [-0.2, 0) is 6.54 Å². The highest BCUT2D eigenvalue weighted by molar-refractivity contribution is 6.31. The van der Waals surface area contributed by atoms with Crippen LogP contribution in [0.2, 0.25) is 5.02 Å². The van der Waals surface area contributed by atoms with Crippen LogP contribution in [-0.4, -0.2) is 27.1 Å². The molecule has 2 amide bonds. The van der Waals surface area contributed by atoms with Crippen LogP contribution >= 0.6 is 11.6 Å². The Balaban J connectivity index is 2.27. The summed E-state index contributed by atoms with van der Waals surface area (Å²) < 4.78 is 1.68. The molecule has 90 valence electrons. The van der Waals surface area contributed by atoms with Crippen LogP contribution in [0.15, 0.2) is 12.3 Å². The number of nitrogen functional groups attached to an aromatic ring is 1. The van der Waals surface area contributed by atoms with Crippen molar-refractivity contribution in [1.29, 1.82) is 0 Å². The summed E-state index contributed by atoms with van der Waals surface area (Å²) in [7, 11) is 0. The van der Waals surface area contributed by atoms with Crippen LogP contribution < -0.4 is 16.8 Å². The largest absolute Gasteiger partial charge is 0.369 e. The maximum atomic E-state index is 10.5. The summed E-state index contributed by atoms with van der Waals surface area (Å²) in [6, 6.07) is 1.10. The van der Waals surface area contributed by atoms with Gasteiger partial charge in [0.15, 0.2) is 5.65 Å². The zero-order chi connectivity index (χ0) is 12.4. The smallest absolute Gasteiger partial charge is 0.312 e. The number of primary amides is 1. The highest BCUT2D eigenvalue weighted by Crippen LogP contribution is 2.18. The lowest BCUT2D eigenvalue weighted by molar-refractivity contribution is 0.248. The highest BCUT2D eigenvalue weighted by atomic mass is 35.5. The molecule has 0 saturated carbocycles. The van der Waals surface area contributed by atoms with Gasteiger partial charge in [0, 0.05) is 19.3 Å². The van der Waals surface area contributed by atoms with E-state index in [0.29, 0.717) is 35.2 Å². The van der Waals surface area contributed by atoms with E-state index in [0.717, 1.165) is 0 Å². The molecule has 0 unspecified atom stereocenters. The van der Waals surface area contributed by atoms with Crippen LogP contribution in [0, 0.1) is 0 Å². The predicted octanol–water partition coefficient (Wildman–Crippen LogP) is 0.335. The third kappa shape index (κ3) is 2.39. The second-order valence-electron chi connectivity index (χ2n) is 3.41.